The SMILES string of the molecule is COC(=O)c1ccc(C2CNC2)nc1. The van der Waals surface area contributed by atoms with Gasteiger partial charge in [0, 0.05) is 30.9 Å². The number of carbonyl (C=O) groups is 1. The normalized spacial score (nSPS) is 16.1. The Balaban J connectivity index is 2.13. The summed E-state index contributed by atoms with van der Waals surface area (Å²) in [7, 11) is 1.37. The molecule has 1 saturated heterocycles. The molecular weight excluding hydrogens is 180 g/mol. The third kappa shape index (κ3) is 1.61. The lowest BCUT2D eigenvalue weighted by Crippen LogP contribution is -2.40. The molecule has 0 atom stereocenters. The third-order valence-electron chi connectivity index (χ3n) is 2.41. The molecule has 0 aromatic carbocycles. The van der Waals surface area contributed by atoms with E-state index in [4.69, 9.17) is 0 Å². The van der Waals surface area contributed by atoms with Crippen LogP contribution < -0.4 is 5.32 Å². The van der Waals surface area contributed by atoms with Crippen LogP contribution in [0, 0.1) is 0 Å². The third-order valence-corrected chi connectivity index (χ3v) is 2.41. The van der Waals surface area contributed by atoms with Gasteiger partial charge in [-0.05, 0) is 12.1 Å². The number of rotatable bonds is 2. The van der Waals surface area contributed by atoms with Crippen LogP contribution in [-0.4, -0.2) is 31.2 Å². The molecule has 2 rings (SSSR count). The highest BCUT2D eigenvalue weighted by molar-refractivity contribution is 5.88. The fourth-order valence-electron chi connectivity index (χ4n) is 1.38. The van der Waals surface area contributed by atoms with Crippen LogP contribution in [0.3, 0.4) is 0 Å². The molecule has 0 bridgehead atoms. The van der Waals surface area contributed by atoms with E-state index >= 15 is 0 Å². The number of methoxy groups -OCH3 is 1. The lowest BCUT2D eigenvalue weighted by Gasteiger charge is -2.26. The number of carbonyl (C=O) groups excluding carboxylic acids is 1. The molecule has 0 aliphatic carbocycles. The van der Waals surface area contributed by atoms with E-state index in [1.807, 2.05) is 6.07 Å². The summed E-state index contributed by atoms with van der Waals surface area (Å²) in [4.78, 5) is 15.3. The van der Waals surface area contributed by atoms with Crippen LogP contribution >= 0.6 is 0 Å². The van der Waals surface area contributed by atoms with E-state index in [2.05, 4.69) is 15.0 Å². The van der Waals surface area contributed by atoms with E-state index < -0.39 is 0 Å². The van der Waals surface area contributed by atoms with Crippen LogP contribution in [0.2, 0.25) is 0 Å². The van der Waals surface area contributed by atoms with Crippen molar-refractivity contribution in [3.8, 4) is 0 Å². The van der Waals surface area contributed by atoms with Crippen molar-refractivity contribution in [2.75, 3.05) is 20.2 Å². The van der Waals surface area contributed by atoms with E-state index in [-0.39, 0.29) is 5.97 Å². The van der Waals surface area contributed by atoms with E-state index in [1.54, 1.807) is 12.3 Å². The molecular formula is C10H12N2O2. The topological polar surface area (TPSA) is 51.2 Å². The molecule has 1 fully saturated rings. The zero-order valence-electron chi connectivity index (χ0n) is 7.99. The van der Waals surface area contributed by atoms with E-state index in [1.165, 1.54) is 7.11 Å². The van der Waals surface area contributed by atoms with Crippen LogP contribution in [0.25, 0.3) is 0 Å². The summed E-state index contributed by atoms with van der Waals surface area (Å²) in [5, 5.41) is 3.18. The van der Waals surface area contributed by atoms with Crippen LogP contribution in [0.1, 0.15) is 22.0 Å². The number of nitrogens with zero attached hydrogens (tertiary/aromatic N) is 1. The molecule has 4 nitrogen and oxygen atoms in total. The standard InChI is InChI=1S/C10H12N2O2/c1-14-10(13)7-2-3-9(12-6-7)8-4-11-5-8/h2-3,6,8,11H,4-5H2,1H3. The van der Waals surface area contributed by atoms with Crippen molar-refractivity contribution in [3.05, 3.63) is 29.6 Å². The van der Waals surface area contributed by atoms with Gasteiger partial charge in [-0.25, -0.2) is 4.79 Å². The molecule has 14 heavy (non-hydrogen) atoms. The van der Waals surface area contributed by atoms with Crippen LogP contribution in [0.5, 0.6) is 0 Å². The maximum absolute atomic E-state index is 11.1. The summed E-state index contributed by atoms with van der Waals surface area (Å²) in [5.74, 6) is 0.164. The van der Waals surface area contributed by atoms with Gasteiger partial charge < -0.3 is 10.1 Å². The summed E-state index contributed by atoms with van der Waals surface area (Å²) < 4.78 is 4.59. The number of hydrogen-bond acceptors (Lipinski definition) is 4. The Morgan fingerprint density at radius 3 is 2.79 bits per heavy atom. The maximum Gasteiger partial charge on any atom is 0.339 e. The molecule has 1 aromatic rings. The molecule has 1 aromatic heterocycles. The predicted molar refractivity (Wildman–Crippen MR) is 51.2 cm³/mol. The van der Waals surface area contributed by atoms with Crippen molar-refractivity contribution >= 4 is 5.97 Å². The van der Waals surface area contributed by atoms with Gasteiger partial charge in [0.25, 0.3) is 0 Å². The molecule has 1 aliphatic rings. The van der Waals surface area contributed by atoms with Crippen molar-refractivity contribution in [2.45, 2.75) is 5.92 Å². The molecule has 0 saturated carbocycles. The fourth-order valence-corrected chi connectivity index (χ4v) is 1.38. The molecule has 1 aliphatic heterocycles. The molecule has 0 radical (unpaired) electrons. The van der Waals surface area contributed by atoms with Gasteiger partial charge in [-0.2, -0.15) is 0 Å². The zero-order valence-corrected chi connectivity index (χ0v) is 7.99. The summed E-state index contributed by atoms with van der Waals surface area (Å²) in [5.41, 5.74) is 1.54. The van der Waals surface area contributed by atoms with Crippen molar-refractivity contribution in [2.24, 2.45) is 0 Å². The first-order chi connectivity index (χ1) is 6.81. The van der Waals surface area contributed by atoms with Gasteiger partial charge in [0.05, 0.1) is 12.7 Å². The summed E-state index contributed by atoms with van der Waals surface area (Å²) >= 11 is 0. The fraction of sp³-hybridized carbons (Fsp3) is 0.400. The van der Waals surface area contributed by atoms with Crippen molar-refractivity contribution < 1.29 is 9.53 Å². The second-order valence-corrected chi connectivity index (χ2v) is 3.32. The summed E-state index contributed by atoms with van der Waals surface area (Å²) in [6, 6.07) is 3.64. The number of ether oxygens (including phenoxy) is 1. The molecule has 4 heteroatoms. The molecule has 0 spiro atoms. The molecule has 74 valence electrons. The average molecular weight is 192 g/mol. The Morgan fingerprint density at radius 1 is 1.57 bits per heavy atom. The highest BCUT2D eigenvalue weighted by Crippen LogP contribution is 2.17. The number of aromatic nitrogens is 1. The minimum absolute atomic E-state index is 0.337. The number of pyridine rings is 1. The van der Waals surface area contributed by atoms with E-state index in [9.17, 15) is 4.79 Å². The first-order valence-electron chi connectivity index (χ1n) is 4.56. The first-order valence-corrected chi connectivity index (χ1v) is 4.56. The van der Waals surface area contributed by atoms with E-state index in [0.717, 1.165) is 18.8 Å². The Hall–Kier alpha value is -1.42. The van der Waals surface area contributed by atoms with Crippen LogP contribution in [0.15, 0.2) is 18.3 Å². The minimum Gasteiger partial charge on any atom is -0.465 e. The summed E-state index contributed by atoms with van der Waals surface area (Å²) in [6.45, 7) is 1.95. The van der Waals surface area contributed by atoms with Crippen LogP contribution in [0.4, 0.5) is 0 Å². The van der Waals surface area contributed by atoms with Crippen LogP contribution in [-0.2, 0) is 4.74 Å². The van der Waals surface area contributed by atoms with Gasteiger partial charge in [-0.15, -0.1) is 0 Å². The van der Waals surface area contributed by atoms with Gasteiger partial charge in [-0.1, -0.05) is 0 Å². The Morgan fingerprint density at radius 2 is 2.36 bits per heavy atom. The van der Waals surface area contributed by atoms with Gasteiger partial charge in [0.15, 0.2) is 0 Å². The monoisotopic (exact) mass is 192 g/mol. The van der Waals surface area contributed by atoms with Gasteiger partial charge >= 0.3 is 5.97 Å². The van der Waals surface area contributed by atoms with Gasteiger partial charge in [-0.3, -0.25) is 4.98 Å². The maximum atomic E-state index is 11.1. The largest absolute Gasteiger partial charge is 0.465 e. The highest BCUT2D eigenvalue weighted by Gasteiger charge is 2.20. The molecule has 0 amide bonds. The smallest absolute Gasteiger partial charge is 0.339 e. The van der Waals surface area contributed by atoms with Crippen molar-refractivity contribution in [1.82, 2.24) is 10.3 Å². The number of nitrogens with one attached hydrogen (secondary N) is 1. The Kier molecular flexibility index (Phi) is 2.45. The molecule has 0 unspecified atom stereocenters. The van der Waals surface area contributed by atoms with Crippen molar-refractivity contribution in [1.29, 1.82) is 0 Å². The number of esters is 1. The lowest BCUT2D eigenvalue weighted by atomic mass is 9.98. The lowest BCUT2D eigenvalue weighted by molar-refractivity contribution is 0.0600. The predicted octanol–water partition coefficient (Wildman–Crippen LogP) is 0.555. The summed E-state index contributed by atoms with van der Waals surface area (Å²) in [6.07, 6.45) is 1.57. The Labute approximate surface area is 82.3 Å². The number of hydrogen-bond donors (Lipinski definition) is 1. The van der Waals surface area contributed by atoms with Gasteiger partial charge in [0.1, 0.15) is 0 Å². The van der Waals surface area contributed by atoms with E-state index in [0.29, 0.717) is 11.5 Å². The second kappa shape index (κ2) is 3.75. The highest BCUT2D eigenvalue weighted by atomic mass is 16.5. The minimum atomic E-state index is -0.337. The Bertz CT molecular complexity index is 330. The molecule has 2 heterocycles. The first kappa shape index (κ1) is 9.15. The average Bonchev–Trinajstić information content (AvgIpc) is 2.15. The van der Waals surface area contributed by atoms with Gasteiger partial charge in [0.2, 0.25) is 0 Å². The zero-order chi connectivity index (χ0) is 9.97. The quantitative estimate of drug-likeness (QED) is 0.695. The molecule has 1 N–H and O–H groups in total. The van der Waals surface area contributed by atoms with Crippen molar-refractivity contribution in [3.63, 3.8) is 0 Å². The second-order valence-electron chi connectivity index (χ2n) is 3.32.